The van der Waals surface area contributed by atoms with Gasteiger partial charge >= 0.3 is 0 Å². The van der Waals surface area contributed by atoms with E-state index in [-0.39, 0.29) is 11.3 Å². The molecule has 0 atom stereocenters. The number of ether oxygens (including phenoxy) is 3. The van der Waals surface area contributed by atoms with Crippen LogP contribution in [0.5, 0.6) is 0 Å². The molecule has 0 saturated carbocycles. The van der Waals surface area contributed by atoms with E-state index >= 15 is 0 Å². The van der Waals surface area contributed by atoms with Crippen molar-refractivity contribution >= 4 is 5.91 Å². The van der Waals surface area contributed by atoms with E-state index < -0.39 is 0 Å². The fourth-order valence-electron chi connectivity index (χ4n) is 1.75. The molecule has 0 heterocycles. The molecule has 0 rings (SSSR count). The molecule has 0 unspecified atom stereocenters. The molecule has 0 aliphatic rings. The molecule has 0 aromatic rings. The highest BCUT2D eigenvalue weighted by Gasteiger charge is 2.20. The number of rotatable bonds is 12. The van der Waals surface area contributed by atoms with Crippen molar-refractivity contribution in [3.05, 3.63) is 0 Å². The lowest BCUT2D eigenvalue weighted by molar-refractivity contribution is -0.128. The number of carbonyl (C=O) groups is 1. The predicted octanol–water partition coefficient (Wildman–Crippen LogP) is 3.02. The summed E-state index contributed by atoms with van der Waals surface area (Å²) in [6.45, 7) is 16.6. The smallest absolute Gasteiger partial charge is 0.225 e. The van der Waals surface area contributed by atoms with E-state index in [4.69, 9.17) is 14.2 Å². The molecule has 0 aliphatic carbocycles. The summed E-state index contributed by atoms with van der Waals surface area (Å²) < 4.78 is 16.3. The second kappa shape index (κ2) is 11.8. The zero-order valence-electron chi connectivity index (χ0n) is 16.0. The minimum atomic E-state index is -0.351. The van der Waals surface area contributed by atoms with E-state index in [1.807, 2.05) is 20.8 Å². The molecule has 0 aromatic heterocycles. The lowest BCUT2D eigenvalue weighted by Crippen LogP contribution is -2.36. The van der Waals surface area contributed by atoms with Gasteiger partial charge in [-0.25, -0.2) is 0 Å². The van der Waals surface area contributed by atoms with Gasteiger partial charge in [0.1, 0.15) is 0 Å². The van der Waals surface area contributed by atoms with Crippen LogP contribution in [0.2, 0.25) is 0 Å². The molecule has 0 aliphatic heterocycles. The fourth-order valence-corrected chi connectivity index (χ4v) is 1.75. The molecule has 5 nitrogen and oxygen atoms in total. The van der Waals surface area contributed by atoms with Crippen LogP contribution in [0.15, 0.2) is 0 Å². The van der Waals surface area contributed by atoms with Crippen LogP contribution in [0.1, 0.15) is 54.4 Å². The molecular formula is C18H37NO4. The summed E-state index contributed by atoms with van der Waals surface area (Å²) in [6, 6.07) is 0. The summed E-state index contributed by atoms with van der Waals surface area (Å²) in [5.41, 5.74) is 0.0273. The Hall–Kier alpha value is -0.650. The Balaban J connectivity index is 3.21. The maximum Gasteiger partial charge on any atom is 0.225 e. The van der Waals surface area contributed by atoms with Crippen molar-refractivity contribution in [2.24, 2.45) is 10.8 Å². The quantitative estimate of drug-likeness (QED) is 0.559. The van der Waals surface area contributed by atoms with Gasteiger partial charge in [0.25, 0.3) is 0 Å². The van der Waals surface area contributed by atoms with Crippen LogP contribution in [0.3, 0.4) is 0 Å². The Morgan fingerprint density at radius 3 is 1.74 bits per heavy atom. The SMILES string of the molecule is CC(C)(C)CCCOCCOCCOCCNC(=O)C(C)(C)C. The minimum absolute atomic E-state index is 0.0426. The number of nitrogens with one attached hydrogen (secondary N) is 1. The summed E-state index contributed by atoms with van der Waals surface area (Å²) in [5, 5.41) is 2.84. The first-order valence-electron chi connectivity index (χ1n) is 8.64. The topological polar surface area (TPSA) is 56.8 Å². The van der Waals surface area contributed by atoms with E-state index in [1.165, 1.54) is 6.42 Å². The van der Waals surface area contributed by atoms with Crippen LogP contribution in [-0.2, 0) is 19.0 Å². The fraction of sp³-hybridized carbons (Fsp3) is 0.944. The summed E-state index contributed by atoms with van der Waals surface area (Å²) in [4.78, 5) is 11.6. The Morgan fingerprint density at radius 1 is 0.783 bits per heavy atom. The number of hydrogen-bond acceptors (Lipinski definition) is 4. The van der Waals surface area contributed by atoms with Crippen LogP contribution in [0, 0.1) is 10.8 Å². The lowest BCUT2D eigenvalue weighted by atomic mass is 9.91. The molecule has 0 saturated heterocycles. The van der Waals surface area contributed by atoms with E-state index in [9.17, 15) is 4.79 Å². The first-order chi connectivity index (χ1) is 10.6. The third-order valence-electron chi connectivity index (χ3n) is 3.17. The third-order valence-corrected chi connectivity index (χ3v) is 3.17. The van der Waals surface area contributed by atoms with Gasteiger partial charge in [0.05, 0.1) is 33.0 Å². The largest absolute Gasteiger partial charge is 0.379 e. The minimum Gasteiger partial charge on any atom is -0.379 e. The van der Waals surface area contributed by atoms with E-state index in [0.29, 0.717) is 45.0 Å². The zero-order chi connectivity index (χ0) is 17.8. The van der Waals surface area contributed by atoms with Crippen LogP contribution in [-0.4, -0.2) is 52.1 Å². The summed E-state index contributed by atoms with van der Waals surface area (Å²) >= 11 is 0. The van der Waals surface area contributed by atoms with Crippen LogP contribution >= 0.6 is 0 Å². The summed E-state index contributed by atoms with van der Waals surface area (Å²) in [6.07, 6.45) is 2.26. The predicted molar refractivity (Wildman–Crippen MR) is 93.6 cm³/mol. The van der Waals surface area contributed by atoms with Gasteiger partial charge in [-0.15, -0.1) is 0 Å². The standard InChI is InChI=1S/C18H37NO4/c1-17(2,3)8-7-10-21-12-14-23-15-13-22-11-9-19-16(20)18(4,5)6/h7-15H2,1-6H3,(H,19,20). The second-order valence-electron chi connectivity index (χ2n) is 8.01. The second-order valence-corrected chi connectivity index (χ2v) is 8.01. The van der Waals surface area contributed by atoms with Gasteiger partial charge in [0.15, 0.2) is 0 Å². The average Bonchev–Trinajstić information content (AvgIpc) is 2.41. The van der Waals surface area contributed by atoms with Crippen molar-refractivity contribution in [2.45, 2.75) is 54.4 Å². The third kappa shape index (κ3) is 16.0. The maximum atomic E-state index is 11.6. The van der Waals surface area contributed by atoms with E-state index in [1.54, 1.807) is 0 Å². The normalized spacial score (nSPS) is 12.4. The van der Waals surface area contributed by atoms with Crippen LogP contribution in [0.25, 0.3) is 0 Å². The van der Waals surface area contributed by atoms with Gasteiger partial charge in [-0.1, -0.05) is 41.5 Å². The molecule has 5 heteroatoms. The number of carbonyl (C=O) groups excluding carboxylic acids is 1. The molecular weight excluding hydrogens is 294 g/mol. The molecule has 138 valence electrons. The average molecular weight is 331 g/mol. The van der Waals surface area contributed by atoms with Gasteiger partial charge in [0.2, 0.25) is 5.91 Å². The molecule has 1 amide bonds. The van der Waals surface area contributed by atoms with Crippen molar-refractivity contribution in [3.8, 4) is 0 Å². The zero-order valence-corrected chi connectivity index (χ0v) is 16.0. The molecule has 0 spiro atoms. The Morgan fingerprint density at radius 2 is 1.26 bits per heavy atom. The molecule has 0 radical (unpaired) electrons. The first kappa shape index (κ1) is 22.4. The van der Waals surface area contributed by atoms with Gasteiger partial charge < -0.3 is 19.5 Å². The van der Waals surface area contributed by atoms with Gasteiger partial charge in [-0.2, -0.15) is 0 Å². The lowest BCUT2D eigenvalue weighted by Gasteiger charge is -2.17. The van der Waals surface area contributed by atoms with Gasteiger partial charge in [-0.3, -0.25) is 4.79 Å². The molecule has 0 aromatic carbocycles. The van der Waals surface area contributed by atoms with Crippen molar-refractivity contribution in [2.75, 3.05) is 46.2 Å². The van der Waals surface area contributed by atoms with Gasteiger partial charge in [-0.05, 0) is 18.3 Å². The van der Waals surface area contributed by atoms with Crippen LogP contribution < -0.4 is 5.32 Å². The molecule has 0 fully saturated rings. The van der Waals surface area contributed by atoms with Crippen molar-refractivity contribution in [3.63, 3.8) is 0 Å². The number of amides is 1. The van der Waals surface area contributed by atoms with Crippen LogP contribution in [0.4, 0.5) is 0 Å². The van der Waals surface area contributed by atoms with Crippen molar-refractivity contribution in [1.82, 2.24) is 5.32 Å². The highest BCUT2D eigenvalue weighted by Crippen LogP contribution is 2.20. The molecule has 0 bridgehead atoms. The van der Waals surface area contributed by atoms with Gasteiger partial charge in [0, 0.05) is 18.6 Å². The highest BCUT2D eigenvalue weighted by molar-refractivity contribution is 5.81. The molecule has 23 heavy (non-hydrogen) atoms. The Labute approximate surface area is 142 Å². The first-order valence-corrected chi connectivity index (χ1v) is 8.64. The maximum absolute atomic E-state index is 11.6. The van der Waals surface area contributed by atoms with E-state index in [2.05, 4.69) is 26.1 Å². The monoisotopic (exact) mass is 331 g/mol. The highest BCUT2D eigenvalue weighted by atomic mass is 16.5. The molecule has 1 N–H and O–H groups in total. The number of hydrogen-bond donors (Lipinski definition) is 1. The Kier molecular flexibility index (Phi) is 11.5. The van der Waals surface area contributed by atoms with Crippen molar-refractivity contribution in [1.29, 1.82) is 0 Å². The van der Waals surface area contributed by atoms with Crippen molar-refractivity contribution < 1.29 is 19.0 Å². The summed E-state index contributed by atoms with van der Waals surface area (Å²) in [5.74, 6) is 0.0426. The van der Waals surface area contributed by atoms with E-state index in [0.717, 1.165) is 13.0 Å². The summed E-state index contributed by atoms with van der Waals surface area (Å²) in [7, 11) is 0. The Bertz CT molecular complexity index is 305.